The molecule has 0 saturated carbocycles. The van der Waals surface area contributed by atoms with Gasteiger partial charge in [-0.05, 0) is 48.9 Å². The van der Waals surface area contributed by atoms with Crippen molar-refractivity contribution in [3.8, 4) is 11.3 Å². The topological polar surface area (TPSA) is 70.2 Å². The summed E-state index contributed by atoms with van der Waals surface area (Å²) in [4.78, 5) is 27.2. The zero-order valence-electron chi connectivity index (χ0n) is 19.9. The lowest BCUT2D eigenvalue weighted by Crippen LogP contribution is -2.36. The molecule has 2 aliphatic rings. The second kappa shape index (κ2) is 10.0. The van der Waals surface area contributed by atoms with Crippen molar-refractivity contribution in [1.82, 2.24) is 9.97 Å². The molecule has 0 aliphatic carbocycles. The number of aryl methyl sites for hydroxylation is 1. The SMILES string of the molecule is Cc1ccc(CNc2ccc3c(c2)Sc2cccc(-c4cc(N5CCOCC5)cc(=O)[nH]4)c2S3)nc1. The number of hydrogen-bond acceptors (Lipinski definition) is 7. The predicted octanol–water partition coefficient (Wildman–Crippen LogP) is 5.81. The number of benzene rings is 2. The Morgan fingerprint density at radius 3 is 2.72 bits per heavy atom. The standard InChI is InChI=1S/C28H26N4O2S2/c1-18-5-6-20(29-16-18)17-30-19-7-8-24-26(13-19)35-25-4-2-3-22(28(25)36-24)23-14-21(15-27(33)31-23)32-9-11-34-12-10-32/h2-8,13-16,30H,9-12,17H2,1H3,(H,31,33). The number of fused-ring (bicyclic) bond motifs is 2. The van der Waals surface area contributed by atoms with Crippen LogP contribution in [0.3, 0.4) is 0 Å². The second-order valence-corrected chi connectivity index (χ2v) is 11.0. The van der Waals surface area contributed by atoms with Gasteiger partial charge in [0.15, 0.2) is 0 Å². The molecule has 4 aromatic rings. The van der Waals surface area contributed by atoms with E-state index in [1.807, 2.05) is 13.1 Å². The van der Waals surface area contributed by atoms with Crippen molar-refractivity contribution < 1.29 is 4.74 Å². The van der Waals surface area contributed by atoms with E-state index in [9.17, 15) is 4.79 Å². The van der Waals surface area contributed by atoms with Crippen LogP contribution in [0, 0.1) is 6.92 Å². The summed E-state index contributed by atoms with van der Waals surface area (Å²) in [5.74, 6) is 0. The van der Waals surface area contributed by atoms with Crippen LogP contribution in [-0.2, 0) is 11.3 Å². The molecule has 6 nitrogen and oxygen atoms in total. The molecule has 2 aromatic carbocycles. The third kappa shape index (κ3) is 4.89. The van der Waals surface area contributed by atoms with E-state index in [4.69, 9.17) is 4.74 Å². The molecule has 1 fully saturated rings. The van der Waals surface area contributed by atoms with Gasteiger partial charge >= 0.3 is 0 Å². The van der Waals surface area contributed by atoms with Crippen LogP contribution in [0.4, 0.5) is 11.4 Å². The molecule has 0 radical (unpaired) electrons. The molecular weight excluding hydrogens is 488 g/mol. The van der Waals surface area contributed by atoms with Crippen LogP contribution in [0.2, 0.25) is 0 Å². The quantitative estimate of drug-likeness (QED) is 0.307. The van der Waals surface area contributed by atoms with Gasteiger partial charge in [-0.3, -0.25) is 9.78 Å². The van der Waals surface area contributed by atoms with Crippen molar-refractivity contribution in [1.29, 1.82) is 0 Å². The minimum atomic E-state index is -0.0840. The first kappa shape index (κ1) is 23.2. The van der Waals surface area contributed by atoms with Gasteiger partial charge in [0.2, 0.25) is 5.56 Å². The lowest BCUT2D eigenvalue weighted by atomic mass is 10.1. The van der Waals surface area contributed by atoms with Gasteiger partial charge in [0.05, 0.1) is 31.1 Å². The average molecular weight is 515 g/mol. The first-order valence-corrected chi connectivity index (χ1v) is 13.6. The number of rotatable bonds is 5. The van der Waals surface area contributed by atoms with Crippen LogP contribution in [0.5, 0.6) is 0 Å². The molecule has 6 rings (SSSR count). The second-order valence-electron chi connectivity index (χ2n) is 8.89. The van der Waals surface area contributed by atoms with Crippen LogP contribution in [0.15, 0.2) is 91.2 Å². The number of aromatic nitrogens is 2. The first-order chi connectivity index (χ1) is 17.6. The van der Waals surface area contributed by atoms with Crippen molar-refractivity contribution in [3.05, 3.63) is 88.5 Å². The molecule has 0 bridgehead atoms. The van der Waals surface area contributed by atoms with Crippen LogP contribution < -0.4 is 15.8 Å². The zero-order chi connectivity index (χ0) is 24.5. The minimum absolute atomic E-state index is 0.0840. The monoisotopic (exact) mass is 514 g/mol. The number of morpholine rings is 1. The fourth-order valence-electron chi connectivity index (χ4n) is 4.40. The fourth-order valence-corrected chi connectivity index (χ4v) is 6.81. The third-order valence-corrected chi connectivity index (χ3v) is 8.89. The minimum Gasteiger partial charge on any atom is -0.379 e. The number of nitrogens with one attached hydrogen (secondary N) is 2. The summed E-state index contributed by atoms with van der Waals surface area (Å²) in [6.45, 7) is 5.69. The molecule has 0 spiro atoms. The molecule has 2 aliphatic heterocycles. The summed E-state index contributed by atoms with van der Waals surface area (Å²) in [5, 5.41) is 3.50. The van der Waals surface area contributed by atoms with Crippen molar-refractivity contribution in [3.63, 3.8) is 0 Å². The number of nitrogens with zero attached hydrogens (tertiary/aromatic N) is 2. The fraction of sp³-hybridized carbons (Fsp3) is 0.214. The average Bonchev–Trinajstić information content (AvgIpc) is 2.91. The van der Waals surface area contributed by atoms with Crippen LogP contribution in [-0.4, -0.2) is 36.3 Å². The van der Waals surface area contributed by atoms with Gasteiger partial charge < -0.3 is 19.9 Å². The van der Waals surface area contributed by atoms with Gasteiger partial charge in [0, 0.05) is 61.9 Å². The van der Waals surface area contributed by atoms with E-state index in [-0.39, 0.29) is 5.56 Å². The Morgan fingerprint density at radius 1 is 1.00 bits per heavy atom. The van der Waals surface area contributed by atoms with Crippen molar-refractivity contribution in [2.45, 2.75) is 33.1 Å². The lowest BCUT2D eigenvalue weighted by molar-refractivity contribution is 0.122. The van der Waals surface area contributed by atoms with Gasteiger partial charge in [-0.2, -0.15) is 0 Å². The molecule has 0 atom stereocenters. The summed E-state index contributed by atoms with van der Waals surface area (Å²) in [5.41, 5.74) is 6.02. The van der Waals surface area contributed by atoms with E-state index in [2.05, 4.69) is 74.8 Å². The molecule has 2 aromatic heterocycles. The van der Waals surface area contributed by atoms with E-state index in [1.165, 1.54) is 19.6 Å². The Labute approximate surface area is 218 Å². The third-order valence-electron chi connectivity index (χ3n) is 6.30. The van der Waals surface area contributed by atoms with Gasteiger partial charge in [-0.15, -0.1) is 0 Å². The summed E-state index contributed by atoms with van der Waals surface area (Å²) in [6, 6.07) is 20.7. The molecule has 8 heteroatoms. The maximum absolute atomic E-state index is 12.6. The van der Waals surface area contributed by atoms with Crippen molar-refractivity contribution in [2.75, 3.05) is 36.5 Å². The Hall–Kier alpha value is -3.20. The van der Waals surface area contributed by atoms with Gasteiger partial charge in [0.25, 0.3) is 0 Å². The molecule has 0 unspecified atom stereocenters. The van der Waals surface area contributed by atoms with Crippen LogP contribution >= 0.6 is 23.5 Å². The van der Waals surface area contributed by atoms with Crippen molar-refractivity contribution in [2.24, 2.45) is 0 Å². The maximum atomic E-state index is 12.6. The molecule has 4 heterocycles. The summed E-state index contributed by atoms with van der Waals surface area (Å²) >= 11 is 3.53. The Kier molecular flexibility index (Phi) is 6.48. The number of H-pyrrole nitrogens is 1. The van der Waals surface area contributed by atoms with Crippen molar-refractivity contribution >= 4 is 34.9 Å². The summed E-state index contributed by atoms with van der Waals surface area (Å²) in [6.07, 6.45) is 1.90. The summed E-state index contributed by atoms with van der Waals surface area (Å²) in [7, 11) is 0. The van der Waals surface area contributed by atoms with E-state index in [0.717, 1.165) is 47.0 Å². The van der Waals surface area contributed by atoms with Gasteiger partial charge in [-0.25, -0.2) is 0 Å². The summed E-state index contributed by atoms with van der Waals surface area (Å²) < 4.78 is 5.48. The van der Waals surface area contributed by atoms with E-state index in [1.54, 1.807) is 29.6 Å². The first-order valence-electron chi connectivity index (χ1n) is 12.0. The number of aromatic amines is 1. The molecule has 182 valence electrons. The highest BCUT2D eigenvalue weighted by atomic mass is 32.2. The molecule has 2 N–H and O–H groups in total. The van der Waals surface area contributed by atoms with E-state index >= 15 is 0 Å². The van der Waals surface area contributed by atoms with Gasteiger partial charge in [0.1, 0.15) is 0 Å². The van der Waals surface area contributed by atoms with Crippen LogP contribution in [0.1, 0.15) is 11.3 Å². The number of hydrogen-bond donors (Lipinski definition) is 2. The normalized spacial score (nSPS) is 14.8. The largest absolute Gasteiger partial charge is 0.379 e. The number of anilines is 2. The molecular formula is C28H26N4O2S2. The highest BCUT2D eigenvalue weighted by Gasteiger charge is 2.22. The molecule has 36 heavy (non-hydrogen) atoms. The molecule has 0 amide bonds. The van der Waals surface area contributed by atoms with Gasteiger partial charge in [-0.1, -0.05) is 41.7 Å². The molecule has 1 saturated heterocycles. The Bertz CT molecular complexity index is 1460. The predicted molar refractivity (Wildman–Crippen MR) is 147 cm³/mol. The van der Waals surface area contributed by atoms with E-state index in [0.29, 0.717) is 19.8 Å². The number of ether oxygens (including phenoxy) is 1. The Balaban J connectivity index is 1.26. The zero-order valence-corrected chi connectivity index (χ0v) is 21.5. The Morgan fingerprint density at radius 2 is 1.89 bits per heavy atom. The van der Waals surface area contributed by atoms with E-state index < -0.39 is 0 Å². The highest BCUT2D eigenvalue weighted by molar-refractivity contribution is 8.05. The maximum Gasteiger partial charge on any atom is 0.250 e. The lowest BCUT2D eigenvalue weighted by Gasteiger charge is -2.29. The smallest absolute Gasteiger partial charge is 0.250 e. The number of pyridine rings is 2. The van der Waals surface area contributed by atoms with Crippen LogP contribution in [0.25, 0.3) is 11.3 Å². The highest BCUT2D eigenvalue weighted by Crippen LogP contribution is 2.52.